The van der Waals surface area contributed by atoms with Crippen LogP contribution in [0.5, 0.6) is 0 Å². The zero-order chi connectivity index (χ0) is 12.4. The van der Waals surface area contributed by atoms with Gasteiger partial charge in [-0.25, -0.2) is 4.98 Å². The highest BCUT2D eigenvalue weighted by molar-refractivity contribution is 7.99. The molecule has 0 saturated carbocycles. The van der Waals surface area contributed by atoms with Crippen LogP contribution in [-0.4, -0.2) is 15.0 Å². The molecule has 0 amide bonds. The molecule has 0 saturated heterocycles. The van der Waals surface area contributed by atoms with E-state index in [2.05, 4.69) is 15.0 Å². The van der Waals surface area contributed by atoms with Crippen LogP contribution in [0.2, 0.25) is 0 Å². The van der Waals surface area contributed by atoms with E-state index >= 15 is 0 Å². The molecule has 1 aromatic carbocycles. The molecule has 5 heteroatoms. The van der Waals surface area contributed by atoms with E-state index in [9.17, 15) is 0 Å². The Morgan fingerprint density at radius 3 is 2.78 bits per heavy atom. The third-order valence-electron chi connectivity index (χ3n) is 2.54. The van der Waals surface area contributed by atoms with Gasteiger partial charge in [-0.1, -0.05) is 11.8 Å². The van der Waals surface area contributed by atoms with E-state index < -0.39 is 0 Å². The number of nitrogens with zero attached hydrogens (tertiary/aromatic N) is 3. The molecule has 0 aliphatic rings. The Morgan fingerprint density at radius 2 is 1.94 bits per heavy atom. The fraction of sp³-hybridized carbons (Fsp3) is 0. The second-order valence-electron chi connectivity index (χ2n) is 3.69. The molecule has 0 unspecified atom stereocenters. The van der Waals surface area contributed by atoms with Crippen molar-refractivity contribution in [2.75, 3.05) is 5.73 Å². The van der Waals surface area contributed by atoms with Gasteiger partial charge in [-0.2, -0.15) is 0 Å². The smallest absolute Gasteiger partial charge is 0.119 e. The number of anilines is 1. The largest absolute Gasteiger partial charge is 0.397 e. The predicted molar refractivity (Wildman–Crippen MR) is 72.3 cm³/mol. The summed E-state index contributed by atoms with van der Waals surface area (Å²) in [5, 5.41) is 1.79. The molecular formula is C13H10N4S. The van der Waals surface area contributed by atoms with Gasteiger partial charge in [-0.3, -0.25) is 9.97 Å². The number of fused-ring (bicyclic) bond motifs is 1. The summed E-state index contributed by atoms with van der Waals surface area (Å²) >= 11 is 1.50. The summed E-state index contributed by atoms with van der Waals surface area (Å²) in [5.41, 5.74) is 7.79. The van der Waals surface area contributed by atoms with Crippen LogP contribution >= 0.6 is 11.8 Å². The first-order chi connectivity index (χ1) is 8.84. The molecule has 4 nitrogen and oxygen atoms in total. The number of aromatic nitrogens is 3. The highest BCUT2D eigenvalue weighted by Crippen LogP contribution is 2.34. The Morgan fingerprint density at radius 1 is 1.00 bits per heavy atom. The lowest BCUT2D eigenvalue weighted by Gasteiger charge is -2.07. The molecule has 0 atom stereocenters. The number of rotatable bonds is 2. The second-order valence-corrected chi connectivity index (χ2v) is 4.76. The van der Waals surface area contributed by atoms with Crippen LogP contribution in [0, 0.1) is 0 Å². The standard InChI is InChI=1S/C13H10N4S/c14-13-9-2-1-5-16-10(9)3-4-11(13)18-12-8-15-6-7-17-12/h1-8H,14H2. The zero-order valence-corrected chi connectivity index (χ0v) is 10.3. The SMILES string of the molecule is Nc1c(Sc2cnccn2)ccc2ncccc12. The van der Waals surface area contributed by atoms with E-state index in [1.807, 2.05) is 24.3 Å². The van der Waals surface area contributed by atoms with Gasteiger partial charge in [0.25, 0.3) is 0 Å². The Bertz CT molecular complexity index is 685. The minimum atomic E-state index is 0.733. The van der Waals surface area contributed by atoms with Crippen LogP contribution in [0.1, 0.15) is 0 Å². The Balaban J connectivity index is 2.05. The number of nitrogens with two attached hydrogens (primary N) is 1. The molecule has 3 aromatic rings. The second kappa shape index (κ2) is 4.62. The number of pyridine rings is 1. The average Bonchev–Trinajstić information content (AvgIpc) is 2.43. The van der Waals surface area contributed by atoms with E-state index in [1.165, 1.54) is 11.8 Å². The number of hydrogen-bond acceptors (Lipinski definition) is 5. The van der Waals surface area contributed by atoms with Crippen molar-refractivity contribution in [3.05, 3.63) is 49.1 Å². The van der Waals surface area contributed by atoms with Crippen molar-refractivity contribution >= 4 is 28.4 Å². The van der Waals surface area contributed by atoms with Gasteiger partial charge >= 0.3 is 0 Å². The molecule has 3 rings (SSSR count). The van der Waals surface area contributed by atoms with Crippen molar-refractivity contribution < 1.29 is 0 Å². The topological polar surface area (TPSA) is 64.7 Å². The van der Waals surface area contributed by atoms with E-state index in [0.717, 1.165) is 26.5 Å². The maximum atomic E-state index is 6.16. The first-order valence-corrected chi connectivity index (χ1v) is 6.23. The monoisotopic (exact) mass is 254 g/mol. The van der Waals surface area contributed by atoms with Gasteiger partial charge in [-0.05, 0) is 24.3 Å². The Kier molecular flexibility index (Phi) is 2.82. The van der Waals surface area contributed by atoms with Gasteiger partial charge in [-0.15, -0.1) is 0 Å². The van der Waals surface area contributed by atoms with Crippen LogP contribution in [-0.2, 0) is 0 Å². The van der Waals surface area contributed by atoms with Gasteiger partial charge in [0.15, 0.2) is 0 Å². The summed E-state index contributed by atoms with van der Waals surface area (Å²) in [5.74, 6) is 0. The molecule has 18 heavy (non-hydrogen) atoms. The van der Waals surface area contributed by atoms with Crippen molar-refractivity contribution in [3.63, 3.8) is 0 Å². The Labute approximate surface area is 108 Å². The molecule has 0 bridgehead atoms. The third-order valence-corrected chi connectivity index (χ3v) is 3.54. The first kappa shape index (κ1) is 11.0. The number of hydrogen-bond donors (Lipinski definition) is 1. The number of nitrogen functional groups attached to an aromatic ring is 1. The van der Waals surface area contributed by atoms with Gasteiger partial charge in [0.05, 0.1) is 17.4 Å². The molecule has 0 spiro atoms. The molecule has 2 N–H and O–H groups in total. The lowest BCUT2D eigenvalue weighted by Crippen LogP contribution is -1.92. The average molecular weight is 254 g/mol. The predicted octanol–water partition coefficient (Wildman–Crippen LogP) is 2.76. The first-order valence-electron chi connectivity index (χ1n) is 5.41. The van der Waals surface area contributed by atoms with Crippen LogP contribution in [0.25, 0.3) is 10.9 Å². The summed E-state index contributed by atoms with van der Waals surface area (Å²) in [6, 6.07) is 7.78. The molecule has 88 valence electrons. The van der Waals surface area contributed by atoms with Crippen molar-refractivity contribution in [1.29, 1.82) is 0 Å². The summed E-state index contributed by atoms with van der Waals surface area (Å²) in [6.07, 6.45) is 6.80. The maximum Gasteiger partial charge on any atom is 0.119 e. The summed E-state index contributed by atoms with van der Waals surface area (Å²) in [7, 11) is 0. The fourth-order valence-electron chi connectivity index (χ4n) is 1.69. The van der Waals surface area contributed by atoms with Crippen molar-refractivity contribution in [1.82, 2.24) is 15.0 Å². The van der Waals surface area contributed by atoms with E-state index in [-0.39, 0.29) is 0 Å². The van der Waals surface area contributed by atoms with Crippen LogP contribution < -0.4 is 5.73 Å². The lowest BCUT2D eigenvalue weighted by molar-refractivity contribution is 1.06. The quantitative estimate of drug-likeness (QED) is 0.712. The maximum absolute atomic E-state index is 6.16. The minimum Gasteiger partial charge on any atom is -0.397 e. The normalized spacial score (nSPS) is 10.7. The highest BCUT2D eigenvalue weighted by Gasteiger charge is 2.07. The summed E-state index contributed by atoms with van der Waals surface area (Å²) in [4.78, 5) is 13.5. The molecule has 2 heterocycles. The number of benzene rings is 1. The third kappa shape index (κ3) is 2.00. The minimum absolute atomic E-state index is 0.733. The molecule has 0 radical (unpaired) electrons. The molecule has 0 aliphatic heterocycles. The van der Waals surface area contributed by atoms with Gasteiger partial charge < -0.3 is 5.73 Å². The van der Waals surface area contributed by atoms with Crippen molar-refractivity contribution in [2.24, 2.45) is 0 Å². The highest BCUT2D eigenvalue weighted by atomic mass is 32.2. The van der Waals surface area contributed by atoms with Crippen LogP contribution in [0.4, 0.5) is 5.69 Å². The molecular weight excluding hydrogens is 244 g/mol. The Hall–Kier alpha value is -2.14. The lowest BCUT2D eigenvalue weighted by atomic mass is 10.2. The zero-order valence-electron chi connectivity index (χ0n) is 9.45. The fourth-order valence-corrected chi connectivity index (χ4v) is 2.50. The summed E-state index contributed by atoms with van der Waals surface area (Å²) in [6.45, 7) is 0. The van der Waals surface area contributed by atoms with Crippen LogP contribution in [0.3, 0.4) is 0 Å². The van der Waals surface area contributed by atoms with Crippen molar-refractivity contribution in [2.45, 2.75) is 9.92 Å². The molecule has 2 aromatic heterocycles. The van der Waals surface area contributed by atoms with Crippen LogP contribution in [0.15, 0.2) is 59.0 Å². The van der Waals surface area contributed by atoms with Crippen molar-refractivity contribution in [3.8, 4) is 0 Å². The van der Waals surface area contributed by atoms with Gasteiger partial charge in [0.1, 0.15) is 5.03 Å². The van der Waals surface area contributed by atoms with E-state index in [1.54, 1.807) is 24.8 Å². The van der Waals surface area contributed by atoms with Gasteiger partial charge in [0.2, 0.25) is 0 Å². The van der Waals surface area contributed by atoms with E-state index in [0.29, 0.717) is 0 Å². The van der Waals surface area contributed by atoms with E-state index in [4.69, 9.17) is 5.73 Å². The molecule has 0 fully saturated rings. The summed E-state index contributed by atoms with van der Waals surface area (Å²) < 4.78 is 0. The van der Waals surface area contributed by atoms with Gasteiger partial charge in [0, 0.05) is 28.9 Å². The molecule has 0 aliphatic carbocycles.